The molecule has 0 atom stereocenters. The smallest absolute Gasteiger partial charge is 0.171 e. The Morgan fingerprint density at radius 3 is 2.80 bits per heavy atom. The molecule has 4 nitrogen and oxygen atoms in total. The first-order valence-corrected chi connectivity index (χ1v) is 6.93. The second-order valence-corrected chi connectivity index (χ2v) is 5.46. The molecule has 0 radical (unpaired) electrons. The summed E-state index contributed by atoms with van der Waals surface area (Å²) in [5, 5.41) is 12.5. The molecule has 2 rings (SSSR count). The summed E-state index contributed by atoms with van der Waals surface area (Å²) in [6, 6.07) is 12.8. The molecular formula is C14H13ClN2O2S. The summed E-state index contributed by atoms with van der Waals surface area (Å²) < 4.78 is 5.19. The van der Waals surface area contributed by atoms with Gasteiger partial charge in [-0.15, -0.1) is 0 Å². The second-order valence-electron chi connectivity index (χ2n) is 3.91. The number of rotatable bonds is 4. The molecule has 2 aromatic rings. The summed E-state index contributed by atoms with van der Waals surface area (Å²) in [5.41, 5.74) is 6.30. The van der Waals surface area contributed by atoms with Gasteiger partial charge in [0.1, 0.15) is 5.75 Å². The quantitative estimate of drug-likeness (QED) is 0.392. The standard InChI is InChI=1S/C14H13ClN2O2S/c1-19-10-3-2-4-11(8-10)20-13-7-9(15)5-6-12(13)14(16)17-18/h2-8,18H,1H3,(H2,16,17). The van der Waals surface area contributed by atoms with Crippen molar-refractivity contribution in [1.29, 1.82) is 0 Å². The molecule has 0 aliphatic carbocycles. The number of methoxy groups -OCH3 is 1. The fraction of sp³-hybridized carbons (Fsp3) is 0.0714. The fourth-order valence-electron chi connectivity index (χ4n) is 1.64. The van der Waals surface area contributed by atoms with Gasteiger partial charge < -0.3 is 15.7 Å². The van der Waals surface area contributed by atoms with Crippen molar-refractivity contribution >= 4 is 29.2 Å². The van der Waals surface area contributed by atoms with Crippen molar-refractivity contribution in [3.63, 3.8) is 0 Å². The van der Waals surface area contributed by atoms with Crippen molar-refractivity contribution in [3.05, 3.63) is 53.1 Å². The van der Waals surface area contributed by atoms with Gasteiger partial charge >= 0.3 is 0 Å². The highest BCUT2D eigenvalue weighted by molar-refractivity contribution is 7.99. The molecule has 6 heteroatoms. The Balaban J connectivity index is 2.39. The van der Waals surface area contributed by atoms with Crippen LogP contribution in [-0.2, 0) is 0 Å². The van der Waals surface area contributed by atoms with Gasteiger partial charge in [0.15, 0.2) is 5.84 Å². The molecule has 2 aromatic carbocycles. The van der Waals surface area contributed by atoms with E-state index in [0.29, 0.717) is 10.6 Å². The second kappa shape index (κ2) is 6.54. The summed E-state index contributed by atoms with van der Waals surface area (Å²) >= 11 is 7.47. The van der Waals surface area contributed by atoms with E-state index in [1.165, 1.54) is 11.8 Å². The van der Waals surface area contributed by atoms with Crippen LogP contribution in [0, 0.1) is 0 Å². The predicted octanol–water partition coefficient (Wildman–Crippen LogP) is 3.59. The van der Waals surface area contributed by atoms with E-state index >= 15 is 0 Å². The van der Waals surface area contributed by atoms with Crippen molar-refractivity contribution < 1.29 is 9.94 Å². The third-order valence-electron chi connectivity index (χ3n) is 2.60. The van der Waals surface area contributed by atoms with Crippen LogP contribution >= 0.6 is 23.4 Å². The highest BCUT2D eigenvalue weighted by Gasteiger charge is 2.10. The maximum atomic E-state index is 8.83. The Labute approximate surface area is 126 Å². The van der Waals surface area contributed by atoms with Crippen molar-refractivity contribution in [2.24, 2.45) is 10.9 Å². The lowest BCUT2D eigenvalue weighted by Gasteiger charge is -2.09. The van der Waals surface area contributed by atoms with Crippen LogP contribution in [0.15, 0.2) is 57.4 Å². The monoisotopic (exact) mass is 308 g/mol. The van der Waals surface area contributed by atoms with E-state index in [2.05, 4.69) is 5.16 Å². The van der Waals surface area contributed by atoms with E-state index < -0.39 is 0 Å². The van der Waals surface area contributed by atoms with E-state index in [-0.39, 0.29) is 5.84 Å². The zero-order valence-electron chi connectivity index (χ0n) is 10.7. The molecule has 0 aliphatic heterocycles. The molecule has 0 fully saturated rings. The number of oxime groups is 1. The number of hydrogen-bond donors (Lipinski definition) is 2. The first-order chi connectivity index (χ1) is 9.63. The number of hydrogen-bond acceptors (Lipinski definition) is 4. The molecule has 104 valence electrons. The van der Waals surface area contributed by atoms with Gasteiger partial charge in [-0.2, -0.15) is 0 Å². The van der Waals surface area contributed by atoms with Gasteiger partial charge in [0.05, 0.1) is 7.11 Å². The van der Waals surface area contributed by atoms with Crippen molar-refractivity contribution in [1.82, 2.24) is 0 Å². The number of nitrogens with two attached hydrogens (primary N) is 1. The van der Waals surface area contributed by atoms with Gasteiger partial charge in [-0.25, -0.2) is 0 Å². The Bertz CT molecular complexity index is 647. The number of halogens is 1. The number of ether oxygens (including phenoxy) is 1. The number of nitrogens with zero attached hydrogens (tertiary/aromatic N) is 1. The molecule has 0 amide bonds. The highest BCUT2D eigenvalue weighted by Crippen LogP contribution is 2.34. The number of amidine groups is 1. The molecule has 0 saturated heterocycles. The van der Waals surface area contributed by atoms with Gasteiger partial charge in [-0.05, 0) is 36.4 Å². The lowest BCUT2D eigenvalue weighted by Crippen LogP contribution is -2.14. The lowest BCUT2D eigenvalue weighted by molar-refractivity contribution is 0.318. The average Bonchev–Trinajstić information content (AvgIpc) is 2.47. The van der Waals surface area contributed by atoms with Crippen LogP contribution in [0.2, 0.25) is 5.02 Å². The summed E-state index contributed by atoms with van der Waals surface area (Å²) in [6.45, 7) is 0. The first-order valence-electron chi connectivity index (χ1n) is 5.73. The van der Waals surface area contributed by atoms with Gasteiger partial charge in [-0.1, -0.05) is 34.6 Å². The minimum atomic E-state index is 0.0482. The third-order valence-corrected chi connectivity index (χ3v) is 3.88. The van der Waals surface area contributed by atoms with Crippen LogP contribution in [0.25, 0.3) is 0 Å². The fourth-order valence-corrected chi connectivity index (χ4v) is 2.92. The third kappa shape index (κ3) is 3.37. The Kier molecular flexibility index (Phi) is 4.76. The van der Waals surface area contributed by atoms with Crippen molar-refractivity contribution in [3.8, 4) is 5.75 Å². The van der Waals surface area contributed by atoms with Crippen molar-refractivity contribution in [2.75, 3.05) is 7.11 Å². The molecular weight excluding hydrogens is 296 g/mol. The number of benzene rings is 2. The van der Waals surface area contributed by atoms with Crippen LogP contribution in [0.1, 0.15) is 5.56 Å². The van der Waals surface area contributed by atoms with E-state index in [4.69, 9.17) is 27.3 Å². The normalized spacial score (nSPS) is 11.4. The Morgan fingerprint density at radius 1 is 1.30 bits per heavy atom. The van der Waals surface area contributed by atoms with Gasteiger partial charge in [0.2, 0.25) is 0 Å². The van der Waals surface area contributed by atoms with Crippen LogP contribution in [0.4, 0.5) is 0 Å². The van der Waals surface area contributed by atoms with Gasteiger partial charge in [-0.3, -0.25) is 0 Å². The lowest BCUT2D eigenvalue weighted by atomic mass is 10.2. The molecule has 0 aromatic heterocycles. The van der Waals surface area contributed by atoms with Crippen LogP contribution in [0.3, 0.4) is 0 Å². The van der Waals surface area contributed by atoms with E-state index in [1.807, 2.05) is 24.3 Å². The molecule has 0 unspecified atom stereocenters. The maximum absolute atomic E-state index is 8.83. The van der Waals surface area contributed by atoms with Gasteiger partial charge in [0, 0.05) is 20.4 Å². The summed E-state index contributed by atoms with van der Waals surface area (Å²) in [7, 11) is 1.62. The minimum Gasteiger partial charge on any atom is -0.497 e. The van der Waals surface area contributed by atoms with E-state index in [9.17, 15) is 0 Å². The molecule has 0 heterocycles. The molecule has 0 bridgehead atoms. The van der Waals surface area contributed by atoms with Crippen LogP contribution < -0.4 is 10.5 Å². The largest absolute Gasteiger partial charge is 0.497 e. The maximum Gasteiger partial charge on any atom is 0.171 e. The molecule has 20 heavy (non-hydrogen) atoms. The zero-order valence-corrected chi connectivity index (χ0v) is 12.3. The van der Waals surface area contributed by atoms with Gasteiger partial charge in [0.25, 0.3) is 0 Å². The molecule has 0 saturated carbocycles. The first kappa shape index (κ1) is 14.6. The Hall–Kier alpha value is -1.85. The van der Waals surface area contributed by atoms with Crippen LogP contribution in [-0.4, -0.2) is 18.2 Å². The van der Waals surface area contributed by atoms with Crippen molar-refractivity contribution in [2.45, 2.75) is 9.79 Å². The summed E-state index contributed by atoms with van der Waals surface area (Å²) in [5.74, 6) is 0.814. The topological polar surface area (TPSA) is 67.8 Å². The van der Waals surface area contributed by atoms with E-state index in [0.717, 1.165) is 15.5 Å². The zero-order chi connectivity index (χ0) is 14.5. The molecule has 3 N–H and O–H groups in total. The average molecular weight is 309 g/mol. The van der Waals surface area contributed by atoms with Crippen LogP contribution in [0.5, 0.6) is 5.75 Å². The summed E-state index contributed by atoms with van der Waals surface area (Å²) in [6.07, 6.45) is 0. The highest BCUT2D eigenvalue weighted by atomic mass is 35.5. The Morgan fingerprint density at radius 2 is 2.10 bits per heavy atom. The predicted molar refractivity (Wildman–Crippen MR) is 81.1 cm³/mol. The molecule has 0 spiro atoms. The van der Waals surface area contributed by atoms with E-state index in [1.54, 1.807) is 25.3 Å². The minimum absolute atomic E-state index is 0.0482. The SMILES string of the molecule is COc1cccc(Sc2cc(Cl)ccc2C(N)=NO)c1. The molecule has 0 aliphatic rings. The summed E-state index contributed by atoms with van der Waals surface area (Å²) in [4.78, 5) is 1.78.